The van der Waals surface area contributed by atoms with Crippen LogP contribution in [0.15, 0.2) is 52.6 Å². The van der Waals surface area contributed by atoms with Crippen LogP contribution in [0.4, 0.5) is 5.69 Å². The number of nitrogens with zero attached hydrogens (tertiary/aromatic N) is 3. The summed E-state index contributed by atoms with van der Waals surface area (Å²) in [6, 6.07) is 9.14. The standard InChI is InChI=1S/C34H38N6O13/c35-33(36)37-20-3-1-19(2-4-20)32(51)52-21-5-6-22(23(13-21)25-15-34(53-39-25,16-29(45)46)17-30(47)48)18-9-11-40(12-10-18)27(42)8-7-26(41)38-24(31(49)50)14-28(43)44/h1-6,13,18,24H,7-12,14-17H2,(H,38,41)(H,43,44)(H,45,46)(H,47,48)(H,49,50)(H4,35,36,37). The maximum atomic E-state index is 13.0. The molecule has 1 fully saturated rings. The van der Waals surface area contributed by atoms with Crippen molar-refractivity contribution >= 4 is 59.0 Å². The van der Waals surface area contributed by atoms with Crippen LogP contribution < -0.4 is 21.5 Å². The van der Waals surface area contributed by atoms with E-state index < -0.39 is 66.7 Å². The fourth-order valence-electron chi connectivity index (χ4n) is 6.12. The topological polar surface area (TPSA) is 311 Å². The van der Waals surface area contributed by atoms with Crippen molar-refractivity contribution in [2.24, 2.45) is 21.6 Å². The largest absolute Gasteiger partial charge is 0.481 e. The van der Waals surface area contributed by atoms with E-state index in [0.717, 1.165) is 0 Å². The first-order valence-electron chi connectivity index (χ1n) is 16.3. The molecule has 0 bridgehead atoms. The molecule has 1 unspecified atom stereocenters. The van der Waals surface area contributed by atoms with Crippen molar-refractivity contribution in [3.8, 4) is 5.75 Å². The minimum Gasteiger partial charge on any atom is -0.481 e. The number of carbonyl (C=O) groups is 7. The number of likely N-dealkylation sites (tertiary alicyclic amines) is 1. The van der Waals surface area contributed by atoms with E-state index in [4.69, 9.17) is 31.3 Å². The molecule has 2 aliphatic heterocycles. The number of aliphatic carboxylic acids is 4. The Balaban J connectivity index is 1.50. The van der Waals surface area contributed by atoms with Crippen LogP contribution >= 0.6 is 0 Å². The van der Waals surface area contributed by atoms with Gasteiger partial charge in [-0.3, -0.25) is 24.0 Å². The number of benzene rings is 2. The third kappa shape index (κ3) is 11.0. The predicted molar refractivity (Wildman–Crippen MR) is 182 cm³/mol. The van der Waals surface area contributed by atoms with Crippen molar-refractivity contribution in [1.29, 1.82) is 0 Å². The molecule has 0 spiro atoms. The third-order valence-electron chi connectivity index (χ3n) is 8.56. The lowest BCUT2D eigenvalue weighted by Gasteiger charge is -2.33. The Morgan fingerprint density at radius 2 is 1.57 bits per heavy atom. The Morgan fingerprint density at radius 3 is 2.13 bits per heavy atom. The van der Waals surface area contributed by atoms with Crippen molar-refractivity contribution in [3.05, 3.63) is 59.2 Å². The lowest BCUT2D eigenvalue weighted by molar-refractivity contribution is -0.151. The number of amides is 2. The summed E-state index contributed by atoms with van der Waals surface area (Å²) in [5.74, 6) is -7.58. The first-order chi connectivity index (χ1) is 25.0. The lowest BCUT2D eigenvalue weighted by atomic mass is 9.82. The normalized spacial score (nSPS) is 15.6. The van der Waals surface area contributed by atoms with Gasteiger partial charge in [0.2, 0.25) is 11.8 Å². The molecule has 4 rings (SSSR count). The fourth-order valence-corrected chi connectivity index (χ4v) is 6.12. The molecular weight excluding hydrogens is 700 g/mol. The van der Waals surface area contributed by atoms with Gasteiger partial charge in [0, 0.05) is 37.9 Å². The van der Waals surface area contributed by atoms with Gasteiger partial charge in [-0.25, -0.2) is 14.6 Å². The van der Waals surface area contributed by atoms with Crippen molar-refractivity contribution in [2.75, 3.05) is 13.1 Å². The predicted octanol–water partition coefficient (Wildman–Crippen LogP) is 1.15. The smallest absolute Gasteiger partial charge is 0.343 e. The van der Waals surface area contributed by atoms with E-state index in [0.29, 0.717) is 29.7 Å². The Bertz CT molecular complexity index is 1810. The van der Waals surface area contributed by atoms with Gasteiger partial charge >= 0.3 is 29.8 Å². The molecule has 2 aliphatic rings. The zero-order valence-corrected chi connectivity index (χ0v) is 28.2. The molecule has 53 heavy (non-hydrogen) atoms. The second-order valence-electron chi connectivity index (χ2n) is 12.6. The number of carboxylic acids is 4. The molecule has 0 saturated carbocycles. The minimum absolute atomic E-state index is 0.109. The number of oxime groups is 1. The SMILES string of the molecule is NC(N)=Nc1ccc(C(=O)Oc2ccc(C3CCN(C(=O)CCC(=O)NC(CC(=O)O)C(=O)O)CC3)c(C3=NOC(CC(=O)O)(CC(=O)O)C3)c2)cc1. The number of piperidine rings is 1. The summed E-state index contributed by atoms with van der Waals surface area (Å²) in [5.41, 5.74) is 11.1. The molecule has 1 saturated heterocycles. The van der Waals surface area contributed by atoms with E-state index in [-0.39, 0.29) is 67.2 Å². The fraction of sp³-hybridized carbons (Fsp3) is 0.382. The van der Waals surface area contributed by atoms with Crippen LogP contribution in [0.3, 0.4) is 0 Å². The Morgan fingerprint density at radius 1 is 0.925 bits per heavy atom. The van der Waals surface area contributed by atoms with Crippen molar-refractivity contribution < 1.29 is 63.6 Å². The van der Waals surface area contributed by atoms with E-state index in [1.807, 2.05) is 0 Å². The number of esters is 1. The lowest BCUT2D eigenvalue weighted by Crippen LogP contribution is -2.43. The molecule has 19 heteroatoms. The van der Waals surface area contributed by atoms with Gasteiger partial charge in [-0.2, -0.15) is 0 Å². The molecule has 9 N–H and O–H groups in total. The van der Waals surface area contributed by atoms with E-state index in [1.54, 1.807) is 17.0 Å². The zero-order chi connectivity index (χ0) is 38.9. The second-order valence-corrected chi connectivity index (χ2v) is 12.6. The molecule has 2 amide bonds. The molecule has 282 valence electrons. The highest BCUT2D eigenvalue weighted by molar-refractivity contribution is 6.04. The number of rotatable bonds is 16. The van der Waals surface area contributed by atoms with E-state index in [1.165, 1.54) is 30.3 Å². The summed E-state index contributed by atoms with van der Waals surface area (Å²) in [5, 5.41) is 43.2. The van der Waals surface area contributed by atoms with Crippen molar-refractivity contribution in [1.82, 2.24) is 10.2 Å². The van der Waals surface area contributed by atoms with Crippen molar-refractivity contribution in [2.45, 2.75) is 68.9 Å². The van der Waals surface area contributed by atoms with Crippen LogP contribution in [0.2, 0.25) is 0 Å². The van der Waals surface area contributed by atoms with E-state index >= 15 is 0 Å². The Labute approximate surface area is 301 Å². The average Bonchev–Trinajstić information content (AvgIpc) is 3.48. The molecule has 0 radical (unpaired) electrons. The first kappa shape index (κ1) is 39.3. The van der Waals surface area contributed by atoms with Gasteiger partial charge in [-0.1, -0.05) is 11.2 Å². The van der Waals surface area contributed by atoms with Gasteiger partial charge in [0.15, 0.2) is 11.6 Å². The summed E-state index contributed by atoms with van der Waals surface area (Å²) in [6.45, 7) is 0.553. The molecule has 19 nitrogen and oxygen atoms in total. The number of ether oxygens (including phenoxy) is 1. The number of nitrogens with one attached hydrogen (secondary N) is 1. The number of carbonyl (C=O) groups excluding carboxylic acids is 3. The van der Waals surface area contributed by atoms with Gasteiger partial charge in [0.05, 0.1) is 36.2 Å². The summed E-state index contributed by atoms with van der Waals surface area (Å²) < 4.78 is 5.64. The average molecular weight is 739 g/mol. The van der Waals surface area contributed by atoms with Gasteiger partial charge in [-0.05, 0) is 60.7 Å². The summed E-state index contributed by atoms with van der Waals surface area (Å²) in [4.78, 5) is 94.6. The number of hydrogen-bond donors (Lipinski definition) is 7. The van der Waals surface area contributed by atoms with Crippen LogP contribution in [0.25, 0.3) is 0 Å². The minimum atomic E-state index is -1.66. The summed E-state index contributed by atoms with van der Waals surface area (Å²) in [7, 11) is 0. The number of aliphatic imine (C=N–C) groups is 1. The summed E-state index contributed by atoms with van der Waals surface area (Å²) in [6.07, 6.45) is -1.96. The molecule has 2 aromatic carbocycles. The monoisotopic (exact) mass is 738 g/mol. The van der Waals surface area contributed by atoms with E-state index in [9.17, 15) is 43.8 Å². The maximum absolute atomic E-state index is 13.0. The second kappa shape index (κ2) is 17.1. The highest BCUT2D eigenvalue weighted by Crippen LogP contribution is 2.39. The van der Waals surface area contributed by atoms with Crippen LogP contribution in [0, 0.1) is 0 Å². The molecule has 0 aliphatic carbocycles. The molecule has 1 atom stereocenters. The maximum Gasteiger partial charge on any atom is 0.343 e. The molecule has 2 aromatic rings. The number of hydrogen-bond acceptors (Lipinski definition) is 11. The highest BCUT2D eigenvalue weighted by atomic mass is 16.7. The first-order valence-corrected chi connectivity index (χ1v) is 16.3. The third-order valence-corrected chi connectivity index (χ3v) is 8.56. The molecule has 2 heterocycles. The van der Waals surface area contributed by atoms with Crippen LogP contribution in [0.1, 0.15) is 78.8 Å². The zero-order valence-electron chi connectivity index (χ0n) is 28.2. The van der Waals surface area contributed by atoms with Gasteiger partial charge in [-0.15, -0.1) is 0 Å². The highest BCUT2D eigenvalue weighted by Gasteiger charge is 2.44. The molecule has 0 aromatic heterocycles. The number of carboxylic acid groups (broad SMARTS) is 4. The van der Waals surface area contributed by atoms with Crippen molar-refractivity contribution in [3.63, 3.8) is 0 Å². The van der Waals surface area contributed by atoms with Gasteiger partial charge < -0.3 is 51.7 Å². The van der Waals surface area contributed by atoms with Crippen LogP contribution in [-0.4, -0.2) is 103 Å². The van der Waals surface area contributed by atoms with Gasteiger partial charge in [0.1, 0.15) is 11.8 Å². The number of nitrogens with two attached hydrogens (primary N) is 2. The van der Waals surface area contributed by atoms with E-state index in [2.05, 4.69) is 15.5 Å². The molecular formula is C34H38N6O13. The van der Waals surface area contributed by atoms with Crippen LogP contribution in [0.5, 0.6) is 5.75 Å². The van der Waals surface area contributed by atoms with Crippen LogP contribution in [-0.2, 0) is 33.6 Å². The Kier molecular flexibility index (Phi) is 12.7. The summed E-state index contributed by atoms with van der Waals surface area (Å²) >= 11 is 0. The Hall–Kier alpha value is -6.53. The van der Waals surface area contributed by atoms with Gasteiger partial charge in [0.25, 0.3) is 0 Å². The quantitative estimate of drug-likeness (QED) is 0.0550. The number of guanidine groups is 1.